The van der Waals surface area contributed by atoms with Crippen molar-refractivity contribution < 1.29 is 9.90 Å². The molecule has 1 amide bonds. The van der Waals surface area contributed by atoms with Gasteiger partial charge in [0.25, 0.3) is 0 Å². The van der Waals surface area contributed by atoms with Crippen LogP contribution in [-0.4, -0.2) is 46.6 Å². The number of aliphatic hydroxyl groups excluding tert-OH is 1. The van der Waals surface area contributed by atoms with Crippen LogP contribution >= 0.6 is 0 Å². The first-order valence-electron chi connectivity index (χ1n) is 8.95. The van der Waals surface area contributed by atoms with E-state index in [2.05, 4.69) is 9.88 Å². The number of aromatic nitrogens is 1. The van der Waals surface area contributed by atoms with Crippen LogP contribution in [0.15, 0.2) is 48.8 Å². The number of aliphatic hydroxyl groups is 1. The first-order chi connectivity index (χ1) is 12.2. The number of anilines is 1. The summed E-state index contributed by atoms with van der Waals surface area (Å²) in [5, 5.41) is 9.83. The minimum absolute atomic E-state index is 0.118. The maximum atomic E-state index is 13.5. The molecule has 5 nitrogen and oxygen atoms in total. The summed E-state index contributed by atoms with van der Waals surface area (Å²) in [7, 11) is 0. The third-order valence-corrected chi connectivity index (χ3v) is 5.25. The highest BCUT2D eigenvalue weighted by Crippen LogP contribution is 2.33. The van der Waals surface area contributed by atoms with Crippen molar-refractivity contribution in [1.29, 1.82) is 0 Å². The zero-order chi connectivity index (χ0) is 17.2. The predicted octanol–water partition coefficient (Wildman–Crippen LogP) is 2.17. The first-order valence-corrected chi connectivity index (χ1v) is 8.95. The molecule has 5 heteroatoms. The second-order valence-electron chi connectivity index (χ2n) is 6.82. The number of amides is 1. The van der Waals surface area contributed by atoms with E-state index in [1.807, 2.05) is 47.5 Å². The average Bonchev–Trinajstić information content (AvgIpc) is 3.08. The molecule has 3 heterocycles. The van der Waals surface area contributed by atoms with Gasteiger partial charge in [0.15, 0.2) is 0 Å². The van der Waals surface area contributed by atoms with Gasteiger partial charge in [0.2, 0.25) is 5.91 Å². The Morgan fingerprint density at radius 2 is 1.88 bits per heavy atom. The minimum atomic E-state index is -0.298. The predicted molar refractivity (Wildman–Crippen MR) is 96.3 cm³/mol. The van der Waals surface area contributed by atoms with E-state index < -0.39 is 0 Å². The number of carbonyl (C=O) groups excluding carboxylic acids is 1. The van der Waals surface area contributed by atoms with E-state index in [9.17, 15) is 9.90 Å². The molecule has 1 aromatic carbocycles. The molecular formula is C20H23N3O2. The summed E-state index contributed by atoms with van der Waals surface area (Å²) < 4.78 is 0. The second kappa shape index (κ2) is 6.94. The monoisotopic (exact) mass is 337 g/mol. The van der Waals surface area contributed by atoms with Gasteiger partial charge in [0.05, 0.1) is 11.8 Å². The fourth-order valence-corrected chi connectivity index (χ4v) is 3.89. The zero-order valence-electron chi connectivity index (χ0n) is 14.2. The molecule has 2 aromatic rings. The van der Waals surface area contributed by atoms with E-state index in [0.717, 1.165) is 49.2 Å². The molecular weight excluding hydrogens is 314 g/mol. The smallest absolute Gasteiger partial charge is 0.248 e. The molecule has 1 saturated heterocycles. The van der Waals surface area contributed by atoms with E-state index in [4.69, 9.17) is 0 Å². The Balaban J connectivity index is 1.65. The van der Waals surface area contributed by atoms with Crippen molar-refractivity contribution in [3.05, 3.63) is 59.9 Å². The third kappa shape index (κ3) is 3.17. The quantitative estimate of drug-likeness (QED) is 0.933. The number of piperidine rings is 1. The van der Waals surface area contributed by atoms with Crippen LogP contribution in [0.3, 0.4) is 0 Å². The molecule has 130 valence electrons. The van der Waals surface area contributed by atoms with Crippen LogP contribution < -0.4 is 4.90 Å². The van der Waals surface area contributed by atoms with Crippen LogP contribution in [0.5, 0.6) is 0 Å². The lowest BCUT2D eigenvalue weighted by Crippen LogP contribution is -2.46. The van der Waals surface area contributed by atoms with Gasteiger partial charge in [0.1, 0.15) is 6.04 Å². The average molecular weight is 337 g/mol. The van der Waals surface area contributed by atoms with Crippen LogP contribution in [0.2, 0.25) is 0 Å². The summed E-state index contributed by atoms with van der Waals surface area (Å²) in [5.41, 5.74) is 3.14. The van der Waals surface area contributed by atoms with E-state index in [1.165, 1.54) is 0 Å². The number of likely N-dealkylation sites (tertiary alicyclic amines) is 1. The molecule has 1 aromatic heterocycles. The summed E-state index contributed by atoms with van der Waals surface area (Å²) in [4.78, 5) is 21.8. The number of pyridine rings is 1. The Kier molecular flexibility index (Phi) is 4.51. The largest absolute Gasteiger partial charge is 0.393 e. The summed E-state index contributed by atoms with van der Waals surface area (Å²) >= 11 is 0. The number of rotatable bonds is 3. The van der Waals surface area contributed by atoms with Crippen molar-refractivity contribution in [2.24, 2.45) is 0 Å². The number of benzene rings is 1. The standard InChI is InChI=1S/C20H23N3O2/c24-17-8-11-22(12-9-17)19(15-4-2-1-3-5-15)20(25)23-13-7-16-14-21-10-6-18(16)23/h1-6,10,14,17,19,24H,7-9,11-13H2/t19-/m0/s1. The van der Waals surface area contributed by atoms with Crippen molar-refractivity contribution >= 4 is 11.6 Å². The Bertz CT molecular complexity index is 742. The van der Waals surface area contributed by atoms with Gasteiger partial charge in [0, 0.05) is 32.0 Å². The van der Waals surface area contributed by atoms with Crippen LogP contribution in [0.1, 0.15) is 30.0 Å². The molecule has 2 aliphatic rings. The molecule has 0 saturated carbocycles. The second-order valence-corrected chi connectivity index (χ2v) is 6.82. The van der Waals surface area contributed by atoms with Crippen LogP contribution in [0, 0.1) is 0 Å². The maximum absolute atomic E-state index is 13.5. The lowest BCUT2D eigenvalue weighted by molar-refractivity contribution is -0.125. The summed E-state index contributed by atoms with van der Waals surface area (Å²) in [5.74, 6) is 0.118. The number of fused-ring (bicyclic) bond motifs is 1. The lowest BCUT2D eigenvalue weighted by Gasteiger charge is -2.37. The summed E-state index contributed by atoms with van der Waals surface area (Å²) in [6, 6.07) is 11.6. The highest BCUT2D eigenvalue weighted by Gasteiger charge is 2.36. The van der Waals surface area contributed by atoms with Gasteiger partial charge in [-0.1, -0.05) is 30.3 Å². The van der Waals surface area contributed by atoms with Gasteiger partial charge in [-0.05, 0) is 36.5 Å². The maximum Gasteiger partial charge on any atom is 0.248 e. The third-order valence-electron chi connectivity index (χ3n) is 5.25. The fraction of sp³-hybridized carbons (Fsp3) is 0.400. The molecule has 0 bridgehead atoms. The molecule has 1 atom stereocenters. The molecule has 0 radical (unpaired) electrons. The summed E-state index contributed by atoms with van der Waals surface area (Å²) in [6.45, 7) is 2.19. The molecule has 0 unspecified atom stereocenters. The van der Waals surface area contributed by atoms with Crippen molar-refractivity contribution in [1.82, 2.24) is 9.88 Å². The Morgan fingerprint density at radius 3 is 2.64 bits per heavy atom. The van der Waals surface area contributed by atoms with E-state index >= 15 is 0 Å². The molecule has 25 heavy (non-hydrogen) atoms. The molecule has 2 aliphatic heterocycles. The fourth-order valence-electron chi connectivity index (χ4n) is 3.89. The van der Waals surface area contributed by atoms with Gasteiger partial charge in [-0.25, -0.2) is 0 Å². The zero-order valence-corrected chi connectivity index (χ0v) is 14.2. The molecule has 1 fully saturated rings. The lowest BCUT2D eigenvalue weighted by atomic mass is 9.99. The number of hydrogen-bond donors (Lipinski definition) is 1. The van der Waals surface area contributed by atoms with Crippen molar-refractivity contribution in [3.8, 4) is 0 Å². The number of carbonyl (C=O) groups is 1. The van der Waals surface area contributed by atoms with Crippen LogP contribution in [-0.2, 0) is 11.2 Å². The van der Waals surface area contributed by atoms with E-state index in [0.29, 0.717) is 6.54 Å². The number of nitrogens with zero attached hydrogens (tertiary/aromatic N) is 3. The van der Waals surface area contributed by atoms with Gasteiger partial charge in [-0.2, -0.15) is 0 Å². The van der Waals surface area contributed by atoms with Crippen LogP contribution in [0.25, 0.3) is 0 Å². The summed E-state index contributed by atoms with van der Waals surface area (Å²) in [6.07, 6.45) is 5.65. The van der Waals surface area contributed by atoms with Gasteiger partial charge < -0.3 is 10.0 Å². The molecule has 0 spiro atoms. The first kappa shape index (κ1) is 16.2. The van der Waals surface area contributed by atoms with E-state index in [1.54, 1.807) is 6.20 Å². The normalized spacial score (nSPS) is 19.6. The Labute approximate surface area is 147 Å². The SMILES string of the molecule is O=C([C@H](c1ccccc1)N1CCC(O)CC1)N1CCc2cnccc21. The number of hydrogen-bond acceptors (Lipinski definition) is 4. The molecule has 1 N–H and O–H groups in total. The van der Waals surface area contributed by atoms with Gasteiger partial charge in [-0.15, -0.1) is 0 Å². The van der Waals surface area contributed by atoms with E-state index in [-0.39, 0.29) is 18.1 Å². The van der Waals surface area contributed by atoms with Crippen molar-refractivity contribution in [2.75, 3.05) is 24.5 Å². The topological polar surface area (TPSA) is 56.7 Å². The van der Waals surface area contributed by atoms with Crippen LogP contribution in [0.4, 0.5) is 5.69 Å². The van der Waals surface area contributed by atoms with Crippen molar-refractivity contribution in [3.63, 3.8) is 0 Å². The van der Waals surface area contributed by atoms with Crippen molar-refractivity contribution in [2.45, 2.75) is 31.4 Å². The van der Waals surface area contributed by atoms with Gasteiger partial charge >= 0.3 is 0 Å². The van der Waals surface area contributed by atoms with Gasteiger partial charge in [-0.3, -0.25) is 14.7 Å². The molecule has 0 aliphatic carbocycles. The highest BCUT2D eigenvalue weighted by atomic mass is 16.3. The highest BCUT2D eigenvalue weighted by molar-refractivity contribution is 5.99. The Morgan fingerprint density at radius 1 is 1.12 bits per heavy atom. The molecule has 4 rings (SSSR count). The minimum Gasteiger partial charge on any atom is -0.393 e. The Hall–Kier alpha value is -2.24.